The summed E-state index contributed by atoms with van der Waals surface area (Å²) < 4.78 is 5.86. The summed E-state index contributed by atoms with van der Waals surface area (Å²) in [6.45, 7) is 8.58. The Balaban J connectivity index is 1.84. The van der Waals surface area contributed by atoms with Crippen LogP contribution in [0.15, 0.2) is 18.2 Å². The van der Waals surface area contributed by atoms with Crippen LogP contribution in [0.2, 0.25) is 5.02 Å². The molecule has 0 saturated carbocycles. The molecule has 1 N–H and O–H groups in total. The molecule has 1 aliphatic rings. The Hall–Kier alpha value is -0.730. The third-order valence-corrected chi connectivity index (χ3v) is 3.03. The van der Waals surface area contributed by atoms with Crippen molar-refractivity contribution in [3.05, 3.63) is 28.8 Å². The van der Waals surface area contributed by atoms with E-state index >= 15 is 0 Å². The van der Waals surface area contributed by atoms with Crippen LogP contribution in [0.4, 0.5) is 0 Å². The normalized spacial score (nSPS) is 18.9. The molecule has 0 spiro atoms. The van der Waals surface area contributed by atoms with E-state index in [1.54, 1.807) is 0 Å². The number of benzene rings is 1. The smallest absolute Gasteiger partial charge is 0.123 e. The molecule has 1 aromatic carbocycles. The van der Waals surface area contributed by atoms with Crippen molar-refractivity contribution in [2.24, 2.45) is 5.41 Å². The maximum absolute atomic E-state index is 5.96. The quantitative estimate of drug-likeness (QED) is 0.893. The van der Waals surface area contributed by atoms with Gasteiger partial charge >= 0.3 is 0 Å². The topological polar surface area (TPSA) is 21.3 Å². The maximum atomic E-state index is 5.96. The Morgan fingerprint density at radius 3 is 2.88 bits per heavy atom. The molecule has 3 heteroatoms. The van der Waals surface area contributed by atoms with Crippen LogP contribution in [0.3, 0.4) is 0 Å². The van der Waals surface area contributed by atoms with Gasteiger partial charge in [0, 0.05) is 24.5 Å². The van der Waals surface area contributed by atoms with Gasteiger partial charge in [0.1, 0.15) is 11.9 Å². The van der Waals surface area contributed by atoms with Crippen LogP contribution in [0.1, 0.15) is 26.3 Å². The summed E-state index contributed by atoms with van der Waals surface area (Å²) >= 11 is 5.96. The number of hydrogen-bond acceptors (Lipinski definition) is 2. The lowest BCUT2D eigenvalue weighted by Crippen LogP contribution is -2.35. The molecule has 1 aromatic rings. The number of ether oxygens (including phenoxy) is 1. The summed E-state index contributed by atoms with van der Waals surface area (Å²) in [6.07, 6.45) is 1.19. The fourth-order valence-corrected chi connectivity index (χ4v) is 2.21. The molecule has 1 heterocycles. The zero-order valence-corrected chi connectivity index (χ0v) is 11.5. The minimum atomic E-state index is 0.241. The van der Waals surface area contributed by atoms with Gasteiger partial charge in [-0.15, -0.1) is 0 Å². The van der Waals surface area contributed by atoms with Gasteiger partial charge in [0.2, 0.25) is 0 Å². The van der Waals surface area contributed by atoms with E-state index in [0.717, 1.165) is 30.3 Å². The molecule has 0 amide bonds. The highest BCUT2D eigenvalue weighted by Crippen LogP contribution is 2.30. The van der Waals surface area contributed by atoms with Gasteiger partial charge in [-0.1, -0.05) is 32.4 Å². The van der Waals surface area contributed by atoms with Crippen molar-refractivity contribution in [3.63, 3.8) is 0 Å². The molecule has 1 atom stereocenters. The SMILES string of the molecule is CC(C)(C)CNCC1Cc2cc(Cl)ccc2O1. The summed E-state index contributed by atoms with van der Waals surface area (Å²) in [5.41, 5.74) is 1.54. The lowest BCUT2D eigenvalue weighted by Gasteiger charge is -2.20. The average molecular weight is 254 g/mol. The van der Waals surface area contributed by atoms with E-state index in [9.17, 15) is 0 Å². The lowest BCUT2D eigenvalue weighted by atomic mass is 9.97. The van der Waals surface area contributed by atoms with Crippen molar-refractivity contribution >= 4 is 11.6 Å². The van der Waals surface area contributed by atoms with Gasteiger partial charge < -0.3 is 10.1 Å². The van der Waals surface area contributed by atoms with Gasteiger partial charge in [-0.3, -0.25) is 0 Å². The molecule has 0 saturated heterocycles. The molecule has 2 rings (SSSR count). The number of halogens is 1. The first kappa shape index (κ1) is 12.7. The Labute approximate surface area is 108 Å². The van der Waals surface area contributed by atoms with Crippen LogP contribution in [0.5, 0.6) is 5.75 Å². The van der Waals surface area contributed by atoms with Gasteiger partial charge in [0.15, 0.2) is 0 Å². The summed E-state index contributed by atoms with van der Waals surface area (Å²) in [4.78, 5) is 0. The number of rotatable bonds is 3. The Bertz CT molecular complexity index is 398. The largest absolute Gasteiger partial charge is 0.488 e. The van der Waals surface area contributed by atoms with Crippen LogP contribution in [0, 0.1) is 5.41 Å². The third kappa shape index (κ3) is 3.62. The molecule has 17 heavy (non-hydrogen) atoms. The second-order valence-corrected chi connectivity index (χ2v) is 6.32. The standard InChI is InChI=1S/C14H20ClNO/c1-14(2,3)9-16-8-12-7-10-6-11(15)4-5-13(10)17-12/h4-6,12,16H,7-9H2,1-3H3. The second kappa shape index (κ2) is 4.87. The molecule has 0 radical (unpaired) electrons. The van der Waals surface area contributed by atoms with Crippen molar-refractivity contribution in [1.82, 2.24) is 5.32 Å². The van der Waals surface area contributed by atoms with Crippen molar-refractivity contribution in [3.8, 4) is 5.75 Å². The Morgan fingerprint density at radius 1 is 1.41 bits per heavy atom. The number of fused-ring (bicyclic) bond motifs is 1. The van der Waals surface area contributed by atoms with E-state index in [2.05, 4.69) is 26.1 Å². The zero-order chi connectivity index (χ0) is 12.5. The van der Waals surface area contributed by atoms with Crippen LogP contribution in [-0.4, -0.2) is 19.2 Å². The van der Waals surface area contributed by atoms with E-state index < -0.39 is 0 Å². The molecule has 0 fully saturated rings. The van der Waals surface area contributed by atoms with Gasteiger partial charge in [0.25, 0.3) is 0 Å². The minimum Gasteiger partial charge on any atom is -0.488 e. The highest BCUT2D eigenvalue weighted by Gasteiger charge is 2.23. The first-order chi connectivity index (χ1) is 7.94. The van der Waals surface area contributed by atoms with E-state index in [4.69, 9.17) is 16.3 Å². The van der Waals surface area contributed by atoms with E-state index in [0.29, 0.717) is 5.41 Å². The predicted molar refractivity (Wildman–Crippen MR) is 71.9 cm³/mol. The van der Waals surface area contributed by atoms with Crippen LogP contribution in [-0.2, 0) is 6.42 Å². The highest BCUT2D eigenvalue weighted by atomic mass is 35.5. The highest BCUT2D eigenvalue weighted by molar-refractivity contribution is 6.30. The molecule has 0 aromatic heterocycles. The molecule has 0 bridgehead atoms. The molecule has 2 nitrogen and oxygen atoms in total. The van der Waals surface area contributed by atoms with Gasteiger partial charge in [0.05, 0.1) is 0 Å². The van der Waals surface area contributed by atoms with Crippen LogP contribution >= 0.6 is 11.6 Å². The number of hydrogen-bond donors (Lipinski definition) is 1. The molecule has 1 unspecified atom stereocenters. The minimum absolute atomic E-state index is 0.241. The molecule has 1 aliphatic heterocycles. The zero-order valence-electron chi connectivity index (χ0n) is 10.7. The average Bonchev–Trinajstić information content (AvgIpc) is 2.57. The van der Waals surface area contributed by atoms with E-state index in [1.807, 2.05) is 18.2 Å². The molecular weight excluding hydrogens is 234 g/mol. The first-order valence-corrected chi connectivity index (χ1v) is 6.48. The Kier molecular flexibility index (Phi) is 3.64. The fraction of sp³-hybridized carbons (Fsp3) is 0.571. The van der Waals surface area contributed by atoms with Crippen LogP contribution in [0.25, 0.3) is 0 Å². The van der Waals surface area contributed by atoms with Crippen LogP contribution < -0.4 is 10.1 Å². The van der Waals surface area contributed by atoms with Crippen molar-refractivity contribution in [2.75, 3.05) is 13.1 Å². The summed E-state index contributed by atoms with van der Waals surface area (Å²) in [7, 11) is 0. The van der Waals surface area contributed by atoms with Gasteiger partial charge in [-0.05, 0) is 29.2 Å². The maximum Gasteiger partial charge on any atom is 0.123 e. The lowest BCUT2D eigenvalue weighted by molar-refractivity contribution is 0.220. The van der Waals surface area contributed by atoms with E-state index in [-0.39, 0.29) is 6.10 Å². The summed E-state index contributed by atoms with van der Waals surface area (Å²) in [6, 6.07) is 5.84. The molecule has 94 valence electrons. The molecule has 0 aliphatic carbocycles. The monoisotopic (exact) mass is 253 g/mol. The Morgan fingerprint density at radius 2 is 2.18 bits per heavy atom. The second-order valence-electron chi connectivity index (χ2n) is 5.89. The summed E-state index contributed by atoms with van der Waals surface area (Å²) in [5.74, 6) is 0.983. The predicted octanol–water partition coefficient (Wildman–Crippen LogP) is 3.28. The van der Waals surface area contributed by atoms with Crippen molar-refractivity contribution in [2.45, 2.75) is 33.3 Å². The first-order valence-electron chi connectivity index (χ1n) is 6.10. The van der Waals surface area contributed by atoms with Crippen molar-refractivity contribution < 1.29 is 4.74 Å². The summed E-state index contributed by atoms with van der Waals surface area (Å²) in [5, 5.41) is 4.25. The van der Waals surface area contributed by atoms with Gasteiger partial charge in [-0.25, -0.2) is 0 Å². The number of nitrogens with one attached hydrogen (secondary N) is 1. The fourth-order valence-electron chi connectivity index (χ4n) is 2.01. The van der Waals surface area contributed by atoms with E-state index in [1.165, 1.54) is 5.56 Å². The molecular formula is C14H20ClNO. The van der Waals surface area contributed by atoms with Crippen molar-refractivity contribution in [1.29, 1.82) is 0 Å². The third-order valence-electron chi connectivity index (χ3n) is 2.79. The van der Waals surface area contributed by atoms with Gasteiger partial charge in [-0.2, -0.15) is 0 Å².